The number of nitrogens with one attached hydrogen (secondary N) is 1. The van der Waals surface area contributed by atoms with Crippen LogP contribution < -0.4 is 5.32 Å². The van der Waals surface area contributed by atoms with Gasteiger partial charge in [0.15, 0.2) is 0 Å². The van der Waals surface area contributed by atoms with Crippen LogP contribution >= 0.6 is 0 Å². The molecule has 3 aliphatic heterocycles. The molecule has 3 saturated heterocycles. The number of fused-ring (bicyclic) bond motifs is 1. The molecule has 4 heteroatoms. The van der Waals surface area contributed by atoms with E-state index in [1.54, 1.807) is 6.92 Å². The van der Waals surface area contributed by atoms with Crippen molar-refractivity contribution in [3.05, 3.63) is 0 Å². The van der Waals surface area contributed by atoms with E-state index in [0.29, 0.717) is 12.1 Å². The van der Waals surface area contributed by atoms with Crippen LogP contribution in [-0.4, -0.2) is 60.0 Å². The van der Waals surface area contributed by atoms with Crippen molar-refractivity contribution in [1.29, 1.82) is 0 Å². The third-order valence-electron chi connectivity index (χ3n) is 5.23. The van der Waals surface area contributed by atoms with Crippen LogP contribution in [0.1, 0.15) is 45.4 Å². The molecule has 2 atom stereocenters. The van der Waals surface area contributed by atoms with E-state index in [2.05, 4.69) is 10.2 Å². The van der Waals surface area contributed by atoms with Crippen molar-refractivity contribution in [3.63, 3.8) is 0 Å². The Balaban J connectivity index is 1.44. The Hall–Kier alpha value is -0.610. The Kier molecular flexibility index (Phi) is 4.08. The summed E-state index contributed by atoms with van der Waals surface area (Å²) in [6, 6.07) is 2.20. The van der Waals surface area contributed by atoms with Crippen LogP contribution in [0.4, 0.5) is 0 Å². The number of carbonyl (C=O) groups is 1. The van der Waals surface area contributed by atoms with Crippen LogP contribution in [0, 0.1) is 0 Å². The number of hydrogen-bond acceptors (Lipinski definition) is 3. The summed E-state index contributed by atoms with van der Waals surface area (Å²) in [6.45, 7) is 6.18. The summed E-state index contributed by atoms with van der Waals surface area (Å²) < 4.78 is 0. The molecule has 1 N–H and O–H groups in total. The summed E-state index contributed by atoms with van der Waals surface area (Å²) in [6.07, 6.45) is 7.71. The average Bonchev–Trinajstić information content (AvgIpc) is 2.87. The predicted molar refractivity (Wildman–Crippen MR) is 76.0 cm³/mol. The smallest absolute Gasteiger partial charge is 0.219 e. The molecule has 4 nitrogen and oxygen atoms in total. The Morgan fingerprint density at radius 2 is 1.74 bits per heavy atom. The first-order chi connectivity index (χ1) is 9.22. The van der Waals surface area contributed by atoms with E-state index in [0.717, 1.165) is 32.0 Å². The van der Waals surface area contributed by atoms with Crippen molar-refractivity contribution in [3.8, 4) is 0 Å². The highest BCUT2D eigenvalue weighted by atomic mass is 16.2. The number of likely N-dealkylation sites (tertiary alicyclic amines) is 1. The number of carbonyl (C=O) groups excluding carboxylic acids is 1. The molecule has 1 amide bonds. The van der Waals surface area contributed by atoms with Crippen molar-refractivity contribution in [2.45, 2.75) is 63.6 Å². The summed E-state index contributed by atoms with van der Waals surface area (Å²) >= 11 is 0. The summed E-state index contributed by atoms with van der Waals surface area (Å²) in [5.41, 5.74) is 0. The van der Waals surface area contributed by atoms with Crippen LogP contribution in [-0.2, 0) is 4.79 Å². The summed E-state index contributed by atoms with van der Waals surface area (Å²) in [5.74, 6) is 0.234. The van der Waals surface area contributed by atoms with Gasteiger partial charge >= 0.3 is 0 Å². The lowest BCUT2D eigenvalue weighted by Crippen LogP contribution is -2.51. The number of hydrogen-bond donors (Lipinski definition) is 1. The summed E-state index contributed by atoms with van der Waals surface area (Å²) in [4.78, 5) is 16.0. The van der Waals surface area contributed by atoms with Crippen LogP contribution in [0.3, 0.4) is 0 Å². The standard InChI is InChI=1S/C15H27N3O/c1-12(19)17-8-4-13(5-9-17)16-14-6-10-18-7-2-3-15(18)11-14/h13-16H,2-11H2,1H3. The van der Waals surface area contributed by atoms with Crippen LogP contribution in [0.5, 0.6) is 0 Å². The van der Waals surface area contributed by atoms with E-state index < -0.39 is 0 Å². The monoisotopic (exact) mass is 265 g/mol. The third-order valence-corrected chi connectivity index (χ3v) is 5.23. The van der Waals surface area contributed by atoms with E-state index >= 15 is 0 Å². The predicted octanol–water partition coefficient (Wildman–Crippen LogP) is 1.21. The molecule has 0 spiro atoms. The van der Waals surface area contributed by atoms with E-state index in [1.807, 2.05) is 4.90 Å². The van der Waals surface area contributed by atoms with E-state index in [-0.39, 0.29) is 5.91 Å². The van der Waals surface area contributed by atoms with Crippen molar-refractivity contribution in [1.82, 2.24) is 15.1 Å². The number of piperidine rings is 2. The molecule has 3 heterocycles. The molecule has 0 bridgehead atoms. The van der Waals surface area contributed by atoms with Crippen molar-refractivity contribution in [2.24, 2.45) is 0 Å². The van der Waals surface area contributed by atoms with Crippen LogP contribution in [0.25, 0.3) is 0 Å². The Morgan fingerprint density at radius 1 is 1.00 bits per heavy atom. The maximum Gasteiger partial charge on any atom is 0.219 e. The lowest BCUT2D eigenvalue weighted by molar-refractivity contribution is -0.129. The molecule has 3 fully saturated rings. The summed E-state index contributed by atoms with van der Waals surface area (Å²) in [7, 11) is 0. The average molecular weight is 265 g/mol. The first kappa shape index (κ1) is 13.4. The van der Waals surface area contributed by atoms with Gasteiger partial charge in [0, 0.05) is 38.1 Å². The maximum atomic E-state index is 11.3. The lowest BCUT2D eigenvalue weighted by atomic mass is 9.95. The SMILES string of the molecule is CC(=O)N1CCC(NC2CCN3CCCC3C2)CC1. The molecular weight excluding hydrogens is 238 g/mol. The molecule has 0 aromatic heterocycles. The molecule has 2 unspecified atom stereocenters. The molecule has 3 rings (SSSR count). The molecule has 3 aliphatic rings. The van der Waals surface area contributed by atoms with Crippen molar-refractivity contribution in [2.75, 3.05) is 26.2 Å². The Morgan fingerprint density at radius 3 is 2.47 bits per heavy atom. The maximum absolute atomic E-state index is 11.3. The number of amides is 1. The fraction of sp³-hybridized carbons (Fsp3) is 0.933. The van der Waals surface area contributed by atoms with Crippen LogP contribution in [0.2, 0.25) is 0 Å². The second-order valence-corrected chi connectivity index (χ2v) is 6.50. The minimum Gasteiger partial charge on any atom is -0.343 e. The molecular formula is C15H27N3O. The fourth-order valence-corrected chi connectivity index (χ4v) is 4.07. The Labute approximate surface area is 116 Å². The van der Waals surface area contributed by atoms with E-state index in [4.69, 9.17) is 0 Å². The first-order valence-electron chi connectivity index (χ1n) is 7.98. The quantitative estimate of drug-likeness (QED) is 0.815. The van der Waals surface area contributed by atoms with Gasteiger partial charge in [0.1, 0.15) is 0 Å². The van der Waals surface area contributed by atoms with Gasteiger partial charge in [-0.05, 0) is 51.6 Å². The van der Waals surface area contributed by atoms with Gasteiger partial charge in [-0.3, -0.25) is 4.79 Å². The second kappa shape index (κ2) is 5.80. The lowest BCUT2D eigenvalue weighted by Gasteiger charge is -2.39. The van der Waals surface area contributed by atoms with Gasteiger partial charge in [0.2, 0.25) is 5.91 Å². The molecule has 0 saturated carbocycles. The third kappa shape index (κ3) is 3.11. The zero-order valence-corrected chi connectivity index (χ0v) is 12.1. The number of nitrogens with zero attached hydrogens (tertiary/aromatic N) is 2. The van der Waals surface area contributed by atoms with Gasteiger partial charge in [-0.1, -0.05) is 0 Å². The second-order valence-electron chi connectivity index (χ2n) is 6.50. The largest absolute Gasteiger partial charge is 0.343 e. The molecule has 0 aliphatic carbocycles. The van der Waals surface area contributed by atoms with E-state index in [9.17, 15) is 4.79 Å². The molecule has 0 aromatic rings. The van der Waals surface area contributed by atoms with Gasteiger partial charge in [0.05, 0.1) is 0 Å². The normalized spacial score (nSPS) is 33.4. The van der Waals surface area contributed by atoms with Crippen LogP contribution in [0.15, 0.2) is 0 Å². The fourth-order valence-electron chi connectivity index (χ4n) is 4.07. The van der Waals surface area contributed by atoms with Gasteiger partial charge < -0.3 is 15.1 Å². The molecule has 0 radical (unpaired) electrons. The highest BCUT2D eigenvalue weighted by Crippen LogP contribution is 2.27. The molecule has 108 valence electrons. The highest BCUT2D eigenvalue weighted by molar-refractivity contribution is 5.73. The minimum atomic E-state index is 0.234. The zero-order chi connectivity index (χ0) is 13.2. The van der Waals surface area contributed by atoms with Gasteiger partial charge in [-0.25, -0.2) is 0 Å². The van der Waals surface area contributed by atoms with Crippen molar-refractivity contribution < 1.29 is 4.79 Å². The van der Waals surface area contributed by atoms with Crippen molar-refractivity contribution >= 4 is 5.91 Å². The first-order valence-corrected chi connectivity index (χ1v) is 7.98. The van der Waals surface area contributed by atoms with Gasteiger partial charge in [-0.2, -0.15) is 0 Å². The number of rotatable bonds is 2. The zero-order valence-electron chi connectivity index (χ0n) is 12.1. The van der Waals surface area contributed by atoms with E-state index in [1.165, 1.54) is 38.8 Å². The minimum absolute atomic E-state index is 0.234. The Bertz CT molecular complexity index is 325. The highest BCUT2D eigenvalue weighted by Gasteiger charge is 2.32. The summed E-state index contributed by atoms with van der Waals surface area (Å²) in [5, 5.41) is 3.87. The molecule has 19 heavy (non-hydrogen) atoms. The molecule has 0 aromatic carbocycles. The topological polar surface area (TPSA) is 35.6 Å². The van der Waals surface area contributed by atoms with Gasteiger partial charge in [0.25, 0.3) is 0 Å². The van der Waals surface area contributed by atoms with Gasteiger partial charge in [-0.15, -0.1) is 0 Å².